The van der Waals surface area contributed by atoms with Crippen LogP contribution in [0.1, 0.15) is 38.8 Å². The smallest absolute Gasteiger partial charge is 0.296 e. The number of benzene rings is 2. The first-order valence-corrected chi connectivity index (χ1v) is 15.4. The van der Waals surface area contributed by atoms with Crippen LogP contribution in [0.4, 0.5) is 0 Å². The number of aryl methyl sites for hydroxylation is 1. The summed E-state index contributed by atoms with van der Waals surface area (Å²) in [5, 5.41) is 0.0472. The van der Waals surface area contributed by atoms with Crippen LogP contribution >= 0.6 is 0 Å². The van der Waals surface area contributed by atoms with Gasteiger partial charge in [0.25, 0.3) is 10.1 Å². The molecule has 2 atom stereocenters. The molecule has 2 aromatic carbocycles. The molecule has 0 spiro atoms. The Labute approximate surface area is 195 Å². The molecule has 0 unspecified atom stereocenters. The fraction of sp³-hybridized carbons (Fsp3) is 0.520. The van der Waals surface area contributed by atoms with Gasteiger partial charge in [-0.15, -0.1) is 0 Å². The van der Waals surface area contributed by atoms with Gasteiger partial charge in [-0.3, -0.25) is 4.18 Å². The molecule has 0 saturated heterocycles. The van der Waals surface area contributed by atoms with Gasteiger partial charge >= 0.3 is 0 Å². The van der Waals surface area contributed by atoms with Crippen LogP contribution in [0.5, 0.6) is 0 Å². The Bertz CT molecular complexity index is 935. The number of hydrogen-bond donors (Lipinski definition) is 0. The van der Waals surface area contributed by atoms with Gasteiger partial charge in [-0.25, -0.2) is 0 Å². The minimum atomic E-state index is -3.85. The standard InChI is InChI=1S/C25H38O5SSi/c1-20-13-15-24(16-14-20)31(26,27)29-19-23(18-28-17-22-11-9-8-10-12-22)21(2)30-32(6,7)25(3,4)5/h8-16,21,23H,17-19H2,1-7H3/t21-,23-/m1/s1. The van der Waals surface area contributed by atoms with E-state index in [0.29, 0.717) is 13.2 Å². The van der Waals surface area contributed by atoms with Crippen molar-refractivity contribution < 1.29 is 21.8 Å². The summed E-state index contributed by atoms with van der Waals surface area (Å²) in [7, 11) is -5.89. The van der Waals surface area contributed by atoms with Gasteiger partial charge in [-0.2, -0.15) is 8.42 Å². The molecule has 0 aliphatic heterocycles. The molecular formula is C25H38O5SSi. The summed E-state index contributed by atoms with van der Waals surface area (Å²) in [4.78, 5) is 0.157. The lowest BCUT2D eigenvalue weighted by molar-refractivity contribution is 0.0141. The molecule has 0 radical (unpaired) electrons. The Kier molecular flexibility index (Phi) is 9.25. The highest BCUT2D eigenvalue weighted by Gasteiger charge is 2.40. The Hall–Kier alpha value is -1.51. The highest BCUT2D eigenvalue weighted by atomic mass is 32.2. The molecule has 32 heavy (non-hydrogen) atoms. The topological polar surface area (TPSA) is 61.8 Å². The SMILES string of the molecule is Cc1ccc(S(=O)(=O)OC[C@@H](COCc2ccccc2)[C@@H](C)O[Si](C)(C)C(C)(C)C)cc1. The largest absolute Gasteiger partial charge is 0.414 e. The monoisotopic (exact) mass is 478 g/mol. The van der Waals surface area contributed by atoms with Gasteiger partial charge < -0.3 is 9.16 Å². The molecule has 2 aromatic rings. The van der Waals surface area contributed by atoms with Gasteiger partial charge in [0.05, 0.1) is 24.7 Å². The third-order valence-electron chi connectivity index (χ3n) is 6.14. The van der Waals surface area contributed by atoms with Crippen molar-refractivity contribution in [2.45, 2.75) is 70.4 Å². The highest BCUT2D eigenvalue weighted by molar-refractivity contribution is 7.86. The van der Waals surface area contributed by atoms with Gasteiger partial charge in [-0.1, -0.05) is 68.8 Å². The molecule has 0 N–H and O–H groups in total. The molecule has 0 aliphatic carbocycles. The predicted octanol–water partition coefficient (Wildman–Crippen LogP) is 5.94. The molecule has 0 saturated carbocycles. The van der Waals surface area contributed by atoms with E-state index >= 15 is 0 Å². The van der Waals surface area contributed by atoms with Crippen molar-refractivity contribution in [3.05, 3.63) is 65.7 Å². The van der Waals surface area contributed by atoms with E-state index in [1.54, 1.807) is 24.3 Å². The molecule has 0 heterocycles. The van der Waals surface area contributed by atoms with Gasteiger partial charge in [0.1, 0.15) is 0 Å². The third kappa shape index (κ3) is 7.81. The molecular weight excluding hydrogens is 440 g/mol. The molecule has 0 bridgehead atoms. The van der Waals surface area contributed by atoms with Gasteiger partial charge in [-0.05, 0) is 49.7 Å². The van der Waals surface area contributed by atoms with E-state index in [-0.39, 0.29) is 28.6 Å². The fourth-order valence-corrected chi connectivity index (χ4v) is 5.34. The zero-order chi connectivity index (χ0) is 24.0. The molecule has 0 fully saturated rings. The number of ether oxygens (including phenoxy) is 1. The van der Waals surface area contributed by atoms with Gasteiger partial charge in [0, 0.05) is 12.0 Å². The summed E-state index contributed by atoms with van der Waals surface area (Å²) in [6, 6.07) is 16.6. The van der Waals surface area contributed by atoms with Crippen LogP contribution in [-0.4, -0.2) is 36.1 Å². The van der Waals surface area contributed by atoms with Crippen LogP contribution in [0.15, 0.2) is 59.5 Å². The quantitative estimate of drug-likeness (QED) is 0.295. The van der Waals surface area contributed by atoms with Crippen LogP contribution in [0.2, 0.25) is 18.1 Å². The second-order valence-corrected chi connectivity index (χ2v) is 16.3. The Morgan fingerprint density at radius 2 is 1.53 bits per heavy atom. The molecule has 178 valence electrons. The van der Waals surface area contributed by atoms with Crippen LogP contribution < -0.4 is 0 Å². The van der Waals surface area contributed by atoms with Crippen molar-refractivity contribution in [3.8, 4) is 0 Å². The van der Waals surface area contributed by atoms with E-state index in [2.05, 4.69) is 33.9 Å². The first kappa shape index (κ1) is 26.7. The van der Waals surface area contributed by atoms with Crippen molar-refractivity contribution in [1.29, 1.82) is 0 Å². The van der Waals surface area contributed by atoms with E-state index in [1.807, 2.05) is 44.2 Å². The molecule has 5 nitrogen and oxygen atoms in total. The Morgan fingerprint density at radius 3 is 2.09 bits per heavy atom. The summed E-state index contributed by atoms with van der Waals surface area (Å²) in [5.74, 6) is -0.229. The molecule has 0 aromatic heterocycles. The third-order valence-corrected chi connectivity index (χ3v) is 12.0. The molecule has 7 heteroatoms. The second-order valence-electron chi connectivity index (χ2n) is 9.90. The fourth-order valence-electron chi connectivity index (χ4n) is 2.91. The Balaban J connectivity index is 2.10. The van der Waals surface area contributed by atoms with Crippen LogP contribution in [0, 0.1) is 12.8 Å². The minimum Gasteiger partial charge on any atom is -0.414 e. The van der Waals surface area contributed by atoms with E-state index in [4.69, 9.17) is 13.3 Å². The average molecular weight is 479 g/mol. The van der Waals surface area contributed by atoms with E-state index in [9.17, 15) is 8.42 Å². The van der Waals surface area contributed by atoms with E-state index < -0.39 is 18.4 Å². The van der Waals surface area contributed by atoms with Crippen LogP contribution in [-0.2, 0) is 30.1 Å². The lowest BCUT2D eigenvalue weighted by Crippen LogP contribution is -2.46. The maximum atomic E-state index is 12.7. The van der Waals surface area contributed by atoms with Crippen LogP contribution in [0.3, 0.4) is 0 Å². The first-order chi connectivity index (χ1) is 14.8. The van der Waals surface area contributed by atoms with E-state index in [0.717, 1.165) is 11.1 Å². The molecule has 0 aliphatic rings. The lowest BCUT2D eigenvalue weighted by atomic mass is 10.1. The van der Waals surface area contributed by atoms with Crippen molar-refractivity contribution >= 4 is 18.4 Å². The van der Waals surface area contributed by atoms with Crippen LogP contribution in [0.25, 0.3) is 0 Å². The number of rotatable bonds is 11. The normalized spacial score (nSPS) is 14.8. The average Bonchev–Trinajstić information content (AvgIpc) is 2.70. The minimum absolute atomic E-state index is 0.000783. The predicted molar refractivity (Wildman–Crippen MR) is 132 cm³/mol. The zero-order valence-electron chi connectivity index (χ0n) is 20.4. The van der Waals surface area contributed by atoms with Gasteiger partial charge in [0.15, 0.2) is 8.32 Å². The summed E-state index contributed by atoms with van der Waals surface area (Å²) in [6.45, 7) is 15.6. The van der Waals surface area contributed by atoms with E-state index in [1.165, 1.54) is 0 Å². The summed E-state index contributed by atoms with van der Waals surface area (Å²) in [5.41, 5.74) is 2.06. The van der Waals surface area contributed by atoms with Crippen molar-refractivity contribution in [2.75, 3.05) is 13.2 Å². The zero-order valence-corrected chi connectivity index (χ0v) is 22.2. The summed E-state index contributed by atoms with van der Waals surface area (Å²) < 4.78 is 43.4. The summed E-state index contributed by atoms with van der Waals surface area (Å²) >= 11 is 0. The molecule has 2 rings (SSSR count). The van der Waals surface area contributed by atoms with Crippen molar-refractivity contribution in [2.24, 2.45) is 5.92 Å². The van der Waals surface area contributed by atoms with Gasteiger partial charge in [0.2, 0.25) is 0 Å². The highest BCUT2D eigenvalue weighted by Crippen LogP contribution is 2.38. The van der Waals surface area contributed by atoms with Crippen molar-refractivity contribution in [3.63, 3.8) is 0 Å². The van der Waals surface area contributed by atoms with Crippen molar-refractivity contribution in [1.82, 2.24) is 0 Å². The summed E-state index contributed by atoms with van der Waals surface area (Å²) in [6.07, 6.45) is -0.208. The Morgan fingerprint density at radius 1 is 0.938 bits per heavy atom. The maximum absolute atomic E-state index is 12.7. The molecule has 0 amide bonds. The first-order valence-electron chi connectivity index (χ1n) is 11.1. The lowest BCUT2D eigenvalue weighted by Gasteiger charge is -2.40. The second kappa shape index (κ2) is 11.1. The number of hydrogen-bond acceptors (Lipinski definition) is 5. The maximum Gasteiger partial charge on any atom is 0.296 e.